The summed E-state index contributed by atoms with van der Waals surface area (Å²) < 4.78 is 29.4. The lowest BCUT2D eigenvalue weighted by molar-refractivity contribution is 0.172. The number of aliphatic hydroxyl groups excluding tert-OH is 1. The number of sulfonamides is 1. The SMILES string of the molecule is O=S(=O)(c1ccccc1)N1CCn2c(nnc2[C@@H]2C[C@@H](O)CN2Cc2cccnc2)C1. The zero-order valence-corrected chi connectivity index (χ0v) is 17.8. The Labute approximate surface area is 181 Å². The first-order valence-electron chi connectivity index (χ1n) is 10.3. The summed E-state index contributed by atoms with van der Waals surface area (Å²) in [7, 11) is -3.58. The Balaban J connectivity index is 1.38. The Bertz CT molecular complexity index is 1150. The summed E-state index contributed by atoms with van der Waals surface area (Å²) in [5.74, 6) is 1.41. The van der Waals surface area contributed by atoms with E-state index in [0.717, 1.165) is 11.4 Å². The molecule has 162 valence electrons. The number of nitrogens with zero attached hydrogens (tertiary/aromatic N) is 6. The quantitative estimate of drug-likeness (QED) is 0.635. The van der Waals surface area contributed by atoms with Gasteiger partial charge in [0.25, 0.3) is 0 Å². The van der Waals surface area contributed by atoms with Crippen molar-refractivity contribution in [2.24, 2.45) is 0 Å². The molecule has 9 nitrogen and oxygen atoms in total. The van der Waals surface area contributed by atoms with Crippen LogP contribution in [-0.2, 0) is 29.7 Å². The fourth-order valence-corrected chi connectivity index (χ4v) is 5.81. The van der Waals surface area contributed by atoms with Gasteiger partial charge < -0.3 is 9.67 Å². The molecule has 2 aliphatic rings. The number of aromatic nitrogens is 4. The molecule has 2 atom stereocenters. The molecule has 31 heavy (non-hydrogen) atoms. The summed E-state index contributed by atoms with van der Waals surface area (Å²) in [6.07, 6.45) is 3.70. The van der Waals surface area contributed by atoms with Gasteiger partial charge in [-0.1, -0.05) is 24.3 Å². The maximum atomic E-state index is 13.0. The topological polar surface area (TPSA) is 104 Å². The first kappa shape index (κ1) is 20.3. The van der Waals surface area contributed by atoms with Crippen LogP contribution in [0.15, 0.2) is 59.8 Å². The number of likely N-dealkylation sites (tertiary alicyclic amines) is 1. The predicted octanol–water partition coefficient (Wildman–Crippen LogP) is 1.19. The van der Waals surface area contributed by atoms with Crippen LogP contribution >= 0.6 is 0 Å². The van der Waals surface area contributed by atoms with Crippen molar-refractivity contribution in [1.82, 2.24) is 29.0 Å². The van der Waals surface area contributed by atoms with Gasteiger partial charge in [0, 0.05) is 38.6 Å². The van der Waals surface area contributed by atoms with E-state index in [9.17, 15) is 13.5 Å². The molecule has 2 aliphatic heterocycles. The highest BCUT2D eigenvalue weighted by atomic mass is 32.2. The van der Waals surface area contributed by atoms with Gasteiger partial charge in [-0.15, -0.1) is 10.2 Å². The van der Waals surface area contributed by atoms with Gasteiger partial charge in [-0.3, -0.25) is 9.88 Å². The minimum atomic E-state index is -3.58. The van der Waals surface area contributed by atoms with E-state index in [1.165, 1.54) is 4.31 Å². The highest BCUT2D eigenvalue weighted by Gasteiger charge is 2.38. The normalized spacial score (nSPS) is 22.5. The molecule has 0 unspecified atom stereocenters. The maximum Gasteiger partial charge on any atom is 0.243 e. The smallest absolute Gasteiger partial charge is 0.243 e. The van der Waals surface area contributed by atoms with Crippen molar-refractivity contribution >= 4 is 10.0 Å². The largest absolute Gasteiger partial charge is 0.392 e. The second-order valence-corrected chi connectivity index (χ2v) is 9.91. The van der Waals surface area contributed by atoms with E-state index in [1.807, 2.05) is 22.9 Å². The van der Waals surface area contributed by atoms with Gasteiger partial charge in [-0.2, -0.15) is 4.31 Å². The third-order valence-electron chi connectivity index (χ3n) is 5.92. The van der Waals surface area contributed by atoms with E-state index in [4.69, 9.17) is 0 Å². The Morgan fingerprint density at radius 1 is 1.06 bits per heavy atom. The summed E-state index contributed by atoms with van der Waals surface area (Å²) >= 11 is 0. The van der Waals surface area contributed by atoms with Crippen LogP contribution in [0, 0.1) is 0 Å². The van der Waals surface area contributed by atoms with E-state index >= 15 is 0 Å². The molecular formula is C21H24N6O3S. The van der Waals surface area contributed by atoms with Crippen LogP contribution in [-0.4, -0.2) is 61.7 Å². The minimum absolute atomic E-state index is 0.0752. The fourth-order valence-electron chi connectivity index (χ4n) is 4.40. The Morgan fingerprint density at radius 3 is 2.68 bits per heavy atom. The lowest BCUT2D eigenvalue weighted by Gasteiger charge is -2.29. The van der Waals surface area contributed by atoms with E-state index in [2.05, 4.69) is 20.1 Å². The summed E-state index contributed by atoms with van der Waals surface area (Å²) in [5, 5.41) is 19.1. The number of β-amino-alcohol motifs (C(OH)–C–C–N with tert-alkyl or cyclic N) is 1. The minimum Gasteiger partial charge on any atom is -0.392 e. The molecule has 4 heterocycles. The van der Waals surface area contributed by atoms with Crippen LogP contribution in [0.1, 0.15) is 29.7 Å². The average Bonchev–Trinajstić information content (AvgIpc) is 3.37. The van der Waals surface area contributed by atoms with Crippen LogP contribution < -0.4 is 0 Å². The maximum absolute atomic E-state index is 13.0. The van der Waals surface area contributed by atoms with Crippen LogP contribution in [0.3, 0.4) is 0 Å². The molecule has 0 spiro atoms. The molecule has 0 bridgehead atoms. The molecular weight excluding hydrogens is 416 g/mol. The second kappa shape index (κ2) is 8.12. The molecule has 0 aliphatic carbocycles. The molecule has 1 saturated heterocycles. The van der Waals surface area contributed by atoms with Crippen LogP contribution in [0.2, 0.25) is 0 Å². The van der Waals surface area contributed by atoms with Crippen molar-refractivity contribution in [2.75, 3.05) is 13.1 Å². The van der Waals surface area contributed by atoms with Crippen LogP contribution in [0.4, 0.5) is 0 Å². The highest BCUT2D eigenvalue weighted by Crippen LogP contribution is 2.34. The number of hydrogen-bond donors (Lipinski definition) is 1. The fraction of sp³-hybridized carbons (Fsp3) is 0.381. The van der Waals surface area contributed by atoms with Gasteiger partial charge in [0.2, 0.25) is 10.0 Å². The van der Waals surface area contributed by atoms with Gasteiger partial charge in [0.1, 0.15) is 5.82 Å². The zero-order chi connectivity index (χ0) is 21.4. The van der Waals surface area contributed by atoms with Gasteiger partial charge in [-0.05, 0) is 30.2 Å². The number of rotatable bonds is 5. The molecule has 2 aromatic heterocycles. The summed E-state index contributed by atoms with van der Waals surface area (Å²) in [6.45, 7) is 2.23. The molecule has 1 fully saturated rings. The lowest BCUT2D eigenvalue weighted by atomic mass is 10.1. The Morgan fingerprint density at radius 2 is 1.90 bits per heavy atom. The van der Waals surface area contributed by atoms with Crippen molar-refractivity contribution in [2.45, 2.75) is 43.1 Å². The van der Waals surface area contributed by atoms with Crippen LogP contribution in [0.5, 0.6) is 0 Å². The van der Waals surface area contributed by atoms with Crippen molar-refractivity contribution < 1.29 is 13.5 Å². The van der Waals surface area contributed by atoms with E-state index in [1.54, 1.807) is 36.5 Å². The average molecular weight is 441 g/mol. The van der Waals surface area contributed by atoms with Crippen LogP contribution in [0.25, 0.3) is 0 Å². The van der Waals surface area contributed by atoms with E-state index in [-0.39, 0.29) is 17.5 Å². The monoisotopic (exact) mass is 440 g/mol. The Kier molecular flexibility index (Phi) is 5.30. The number of pyridine rings is 1. The van der Waals surface area contributed by atoms with E-state index < -0.39 is 16.1 Å². The van der Waals surface area contributed by atoms with Gasteiger partial charge in [-0.25, -0.2) is 8.42 Å². The number of aliphatic hydroxyl groups is 1. The van der Waals surface area contributed by atoms with E-state index in [0.29, 0.717) is 38.4 Å². The molecule has 3 aromatic rings. The highest BCUT2D eigenvalue weighted by molar-refractivity contribution is 7.89. The first-order chi connectivity index (χ1) is 15.0. The molecule has 0 radical (unpaired) electrons. The summed E-state index contributed by atoms with van der Waals surface area (Å²) in [5.41, 5.74) is 1.07. The molecule has 1 N–H and O–H groups in total. The van der Waals surface area contributed by atoms with Gasteiger partial charge in [0.05, 0.1) is 23.6 Å². The first-order valence-corrected chi connectivity index (χ1v) is 11.7. The Hall–Kier alpha value is -2.66. The summed E-state index contributed by atoms with van der Waals surface area (Å²) in [4.78, 5) is 6.64. The van der Waals surface area contributed by atoms with Crippen molar-refractivity contribution in [3.63, 3.8) is 0 Å². The second-order valence-electron chi connectivity index (χ2n) is 7.97. The number of fused-ring (bicyclic) bond motifs is 1. The number of benzene rings is 1. The molecule has 0 saturated carbocycles. The predicted molar refractivity (Wildman–Crippen MR) is 112 cm³/mol. The molecule has 10 heteroatoms. The van der Waals surface area contributed by atoms with Gasteiger partial charge in [0.15, 0.2) is 5.82 Å². The van der Waals surface area contributed by atoms with Gasteiger partial charge >= 0.3 is 0 Å². The lowest BCUT2D eigenvalue weighted by Crippen LogP contribution is -2.39. The van der Waals surface area contributed by atoms with Crippen molar-refractivity contribution in [1.29, 1.82) is 0 Å². The van der Waals surface area contributed by atoms with Crippen molar-refractivity contribution in [3.8, 4) is 0 Å². The third-order valence-corrected chi connectivity index (χ3v) is 7.78. The molecule has 5 rings (SSSR count). The molecule has 0 amide bonds. The zero-order valence-electron chi connectivity index (χ0n) is 16.9. The summed E-state index contributed by atoms with van der Waals surface area (Å²) in [6, 6.07) is 12.3. The van der Waals surface area contributed by atoms with Crippen molar-refractivity contribution in [3.05, 3.63) is 72.1 Å². The standard InChI is InChI=1S/C21H24N6O3S/c28-17-11-19(25(14-17)13-16-5-4-8-22-12-16)21-24-23-20-15-26(9-10-27(20)21)31(29,30)18-6-2-1-3-7-18/h1-8,12,17,19,28H,9-11,13-15H2/t17-,19+/m1/s1. The third kappa shape index (κ3) is 3.87. The molecule has 1 aromatic carbocycles. The number of hydrogen-bond acceptors (Lipinski definition) is 7.